The number of aliphatic hydroxyl groups excluding tert-OH is 1. The van der Waals surface area contributed by atoms with Crippen LogP contribution < -0.4 is 4.72 Å². The molecule has 1 aromatic rings. The van der Waals surface area contributed by atoms with E-state index in [4.69, 9.17) is 16.7 Å². The molecular formula is C11H15BrClNO3S. The third kappa shape index (κ3) is 4.20. The second-order valence-electron chi connectivity index (χ2n) is 4.54. The molecule has 0 aliphatic rings. The van der Waals surface area contributed by atoms with Gasteiger partial charge in [0, 0.05) is 16.6 Å². The molecule has 0 atom stereocenters. The summed E-state index contributed by atoms with van der Waals surface area (Å²) in [6, 6.07) is 4.39. The number of hydrogen-bond acceptors (Lipinski definition) is 3. The van der Waals surface area contributed by atoms with Crippen LogP contribution in [0.2, 0.25) is 5.02 Å². The van der Waals surface area contributed by atoms with Crippen LogP contribution in [0.15, 0.2) is 27.6 Å². The first-order valence-electron chi connectivity index (χ1n) is 5.28. The molecule has 0 aromatic heterocycles. The number of rotatable bonds is 5. The van der Waals surface area contributed by atoms with Gasteiger partial charge < -0.3 is 5.11 Å². The van der Waals surface area contributed by atoms with Gasteiger partial charge in [0.1, 0.15) is 0 Å². The quantitative estimate of drug-likeness (QED) is 0.852. The molecule has 0 spiro atoms. The standard InChI is InChI=1S/C11H15BrClNO3S/c1-11(2,5-6-15)14-18(16,17)8-3-4-10(13)9(12)7-8/h3-4,7,14-15H,5-6H2,1-2H3. The van der Waals surface area contributed by atoms with Crippen molar-refractivity contribution in [2.24, 2.45) is 0 Å². The molecule has 0 unspecified atom stereocenters. The molecule has 0 saturated heterocycles. The van der Waals surface area contributed by atoms with Gasteiger partial charge in [0.05, 0.1) is 9.92 Å². The molecule has 0 bridgehead atoms. The number of nitrogens with one attached hydrogen (secondary N) is 1. The van der Waals surface area contributed by atoms with Crippen LogP contribution in [0, 0.1) is 0 Å². The normalized spacial score (nSPS) is 12.7. The van der Waals surface area contributed by atoms with E-state index in [2.05, 4.69) is 20.7 Å². The fourth-order valence-electron chi connectivity index (χ4n) is 1.40. The van der Waals surface area contributed by atoms with E-state index in [1.54, 1.807) is 13.8 Å². The first-order valence-corrected chi connectivity index (χ1v) is 7.93. The lowest BCUT2D eigenvalue weighted by Crippen LogP contribution is -2.43. The Labute approximate surface area is 121 Å². The minimum absolute atomic E-state index is 0.0835. The lowest BCUT2D eigenvalue weighted by molar-refractivity contribution is 0.246. The highest BCUT2D eigenvalue weighted by Gasteiger charge is 2.26. The van der Waals surface area contributed by atoms with Gasteiger partial charge in [-0.05, 0) is 54.4 Å². The molecule has 102 valence electrons. The summed E-state index contributed by atoms with van der Waals surface area (Å²) in [6.07, 6.45) is 0.334. The minimum atomic E-state index is -3.63. The van der Waals surface area contributed by atoms with Gasteiger partial charge in [-0.1, -0.05) is 11.6 Å². The molecule has 0 aliphatic heterocycles. The van der Waals surface area contributed by atoms with Gasteiger partial charge in [0.15, 0.2) is 0 Å². The molecule has 0 fully saturated rings. The topological polar surface area (TPSA) is 66.4 Å². The summed E-state index contributed by atoms with van der Waals surface area (Å²) in [5.74, 6) is 0. The zero-order valence-electron chi connectivity index (χ0n) is 10.1. The van der Waals surface area contributed by atoms with E-state index >= 15 is 0 Å². The summed E-state index contributed by atoms with van der Waals surface area (Å²) in [5, 5.41) is 9.34. The first-order chi connectivity index (χ1) is 8.18. The summed E-state index contributed by atoms with van der Waals surface area (Å²) in [6.45, 7) is 3.34. The maximum atomic E-state index is 12.1. The third-order valence-electron chi connectivity index (χ3n) is 2.35. The van der Waals surface area contributed by atoms with Crippen LogP contribution in [0.25, 0.3) is 0 Å². The number of sulfonamides is 1. The maximum absolute atomic E-state index is 12.1. The highest BCUT2D eigenvalue weighted by atomic mass is 79.9. The Bertz CT molecular complexity index is 531. The average Bonchev–Trinajstić information content (AvgIpc) is 2.20. The van der Waals surface area contributed by atoms with E-state index < -0.39 is 15.6 Å². The summed E-state index contributed by atoms with van der Waals surface area (Å²) in [5.41, 5.74) is -0.709. The van der Waals surface area contributed by atoms with Crippen molar-refractivity contribution in [1.29, 1.82) is 0 Å². The first kappa shape index (κ1) is 15.9. The van der Waals surface area contributed by atoms with Gasteiger partial charge in [0.25, 0.3) is 0 Å². The highest BCUT2D eigenvalue weighted by molar-refractivity contribution is 9.10. The van der Waals surface area contributed by atoms with Crippen LogP contribution in [0.1, 0.15) is 20.3 Å². The smallest absolute Gasteiger partial charge is 0.241 e. The van der Waals surface area contributed by atoms with Crippen LogP contribution >= 0.6 is 27.5 Å². The molecule has 18 heavy (non-hydrogen) atoms. The molecular weight excluding hydrogens is 342 g/mol. The van der Waals surface area contributed by atoms with Crippen molar-refractivity contribution in [1.82, 2.24) is 4.72 Å². The monoisotopic (exact) mass is 355 g/mol. The second-order valence-corrected chi connectivity index (χ2v) is 7.48. The molecule has 0 aliphatic carbocycles. The molecule has 4 nitrogen and oxygen atoms in total. The maximum Gasteiger partial charge on any atom is 0.241 e. The molecule has 1 aromatic carbocycles. The Hall–Kier alpha value is -0.140. The van der Waals surface area contributed by atoms with E-state index in [0.29, 0.717) is 15.9 Å². The molecule has 0 amide bonds. The summed E-state index contributed by atoms with van der Waals surface area (Å²) >= 11 is 9.00. The van der Waals surface area contributed by atoms with E-state index in [9.17, 15) is 8.42 Å². The molecule has 1 rings (SSSR count). The fourth-order valence-corrected chi connectivity index (χ4v) is 3.51. The highest BCUT2D eigenvalue weighted by Crippen LogP contribution is 2.26. The van der Waals surface area contributed by atoms with Crippen LogP contribution in [-0.4, -0.2) is 25.7 Å². The summed E-state index contributed by atoms with van der Waals surface area (Å²) in [4.78, 5) is 0.129. The second kappa shape index (κ2) is 5.88. The number of aliphatic hydroxyl groups is 1. The predicted octanol–water partition coefficient (Wildman–Crippen LogP) is 2.54. The van der Waals surface area contributed by atoms with Crippen molar-refractivity contribution in [3.8, 4) is 0 Å². The van der Waals surface area contributed by atoms with Gasteiger partial charge in [-0.15, -0.1) is 0 Å². The predicted molar refractivity (Wildman–Crippen MR) is 75.3 cm³/mol. The lowest BCUT2D eigenvalue weighted by Gasteiger charge is -2.25. The third-order valence-corrected chi connectivity index (χ3v) is 5.26. The Morgan fingerprint density at radius 1 is 1.44 bits per heavy atom. The zero-order chi connectivity index (χ0) is 14.0. The largest absolute Gasteiger partial charge is 0.396 e. The zero-order valence-corrected chi connectivity index (χ0v) is 13.2. The van der Waals surface area contributed by atoms with Gasteiger partial charge in [0.2, 0.25) is 10.0 Å². The van der Waals surface area contributed by atoms with Gasteiger partial charge in [-0.3, -0.25) is 0 Å². The van der Waals surface area contributed by atoms with Crippen molar-refractivity contribution in [2.45, 2.75) is 30.7 Å². The molecule has 7 heteroatoms. The Kier molecular flexibility index (Phi) is 5.20. The Morgan fingerprint density at radius 3 is 2.56 bits per heavy atom. The minimum Gasteiger partial charge on any atom is -0.396 e. The van der Waals surface area contributed by atoms with Crippen molar-refractivity contribution in [2.75, 3.05) is 6.61 Å². The van der Waals surface area contributed by atoms with E-state index in [-0.39, 0.29) is 11.5 Å². The van der Waals surface area contributed by atoms with Crippen LogP contribution in [-0.2, 0) is 10.0 Å². The van der Waals surface area contributed by atoms with E-state index in [0.717, 1.165) is 0 Å². The number of benzene rings is 1. The van der Waals surface area contributed by atoms with Crippen molar-refractivity contribution in [3.05, 3.63) is 27.7 Å². The number of halogens is 2. The fraction of sp³-hybridized carbons (Fsp3) is 0.455. The van der Waals surface area contributed by atoms with Crippen LogP contribution in [0.4, 0.5) is 0 Å². The molecule has 0 saturated carbocycles. The average molecular weight is 357 g/mol. The molecule has 0 heterocycles. The Morgan fingerprint density at radius 2 is 2.06 bits per heavy atom. The Balaban J connectivity index is 3.03. The van der Waals surface area contributed by atoms with Gasteiger partial charge in [-0.2, -0.15) is 0 Å². The van der Waals surface area contributed by atoms with Crippen LogP contribution in [0.5, 0.6) is 0 Å². The van der Waals surface area contributed by atoms with Crippen molar-refractivity contribution < 1.29 is 13.5 Å². The molecule has 2 N–H and O–H groups in total. The van der Waals surface area contributed by atoms with Gasteiger partial charge in [-0.25, -0.2) is 13.1 Å². The van der Waals surface area contributed by atoms with E-state index in [1.807, 2.05) is 0 Å². The van der Waals surface area contributed by atoms with Crippen molar-refractivity contribution in [3.63, 3.8) is 0 Å². The number of hydrogen-bond donors (Lipinski definition) is 2. The summed E-state index contributed by atoms with van der Waals surface area (Å²) in [7, 11) is -3.63. The van der Waals surface area contributed by atoms with Crippen molar-refractivity contribution >= 4 is 37.6 Å². The molecule has 0 radical (unpaired) electrons. The lowest BCUT2D eigenvalue weighted by atomic mass is 10.0. The SMILES string of the molecule is CC(C)(CCO)NS(=O)(=O)c1ccc(Cl)c(Br)c1. The van der Waals surface area contributed by atoms with Crippen LogP contribution in [0.3, 0.4) is 0 Å². The van der Waals surface area contributed by atoms with Gasteiger partial charge >= 0.3 is 0 Å². The summed E-state index contributed by atoms with van der Waals surface area (Å²) < 4.78 is 27.3. The van der Waals surface area contributed by atoms with E-state index in [1.165, 1.54) is 18.2 Å².